The highest BCUT2D eigenvalue weighted by Crippen LogP contribution is 2.51. The zero-order valence-corrected chi connectivity index (χ0v) is 9.58. The van der Waals surface area contributed by atoms with E-state index >= 15 is 0 Å². The van der Waals surface area contributed by atoms with E-state index in [9.17, 15) is 9.90 Å². The minimum atomic E-state index is -0.614. The van der Waals surface area contributed by atoms with Gasteiger partial charge in [0, 0.05) is 6.04 Å². The molecular formula is C11H21NO2. The SMILES string of the molecule is CC(C)CC(N(C)C)C1(C(=O)O)CC1. The van der Waals surface area contributed by atoms with Crippen molar-refractivity contribution < 1.29 is 9.90 Å². The van der Waals surface area contributed by atoms with Crippen LogP contribution < -0.4 is 0 Å². The minimum absolute atomic E-state index is 0.194. The van der Waals surface area contributed by atoms with E-state index in [2.05, 4.69) is 18.7 Å². The molecule has 0 amide bonds. The van der Waals surface area contributed by atoms with Crippen molar-refractivity contribution >= 4 is 5.97 Å². The van der Waals surface area contributed by atoms with E-state index in [0.29, 0.717) is 5.92 Å². The quantitative estimate of drug-likeness (QED) is 0.734. The van der Waals surface area contributed by atoms with Crippen molar-refractivity contribution in [3.63, 3.8) is 0 Å². The summed E-state index contributed by atoms with van der Waals surface area (Å²) in [7, 11) is 3.96. The Morgan fingerprint density at radius 1 is 1.43 bits per heavy atom. The van der Waals surface area contributed by atoms with E-state index in [1.54, 1.807) is 0 Å². The smallest absolute Gasteiger partial charge is 0.311 e. The molecule has 82 valence electrons. The maximum absolute atomic E-state index is 11.2. The van der Waals surface area contributed by atoms with Gasteiger partial charge < -0.3 is 10.0 Å². The summed E-state index contributed by atoms with van der Waals surface area (Å²) in [4.78, 5) is 13.3. The standard InChI is InChI=1S/C11H21NO2/c1-8(2)7-9(12(3)4)11(5-6-11)10(13)14/h8-9H,5-7H2,1-4H3,(H,13,14). The lowest BCUT2D eigenvalue weighted by Crippen LogP contribution is -2.41. The van der Waals surface area contributed by atoms with Gasteiger partial charge in [-0.1, -0.05) is 13.8 Å². The molecule has 1 rings (SSSR count). The van der Waals surface area contributed by atoms with Crippen molar-refractivity contribution in [1.82, 2.24) is 4.90 Å². The van der Waals surface area contributed by atoms with Gasteiger partial charge in [0.25, 0.3) is 0 Å². The third-order valence-corrected chi connectivity index (χ3v) is 3.17. The van der Waals surface area contributed by atoms with Gasteiger partial charge in [0.15, 0.2) is 0 Å². The summed E-state index contributed by atoms with van der Waals surface area (Å²) in [6.45, 7) is 4.29. The Hall–Kier alpha value is -0.570. The first-order valence-corrected chi connectivity index (χ1v) is 5.30. The first-order chi connectivity index (χ1) is 6.40. The number of carboxylic acid groups (broad SMARTS) is 1. The first-order valence-electron chi connectivity index (χ1n) is 5.30. The fourth-order valence-electron chi connectivity index (χ4n) is 2.20. The third kappa shape index (κ3) is 2.08. The monoisotopic (exact) mass is 199 g/mol. The van der Waals surface area contributed by atoms with E-state index in [4.69, 9.17) is 0 Å². The number of carboxylic acids is 1. The second-order valence-electron chi connectivity index (χ2n) is 5.07. The molecule has 1 fully saturated rings. The number of carbonyl (C=O) groups is 1. The van der Waals surface area contributed by atoms with Gasteiger partial charge in [-0.25, -0.2) is 0 Å². The average molecular weight is 199 g/mol. The maximum atomic E-state index is 11.2. The molecule has 3 nitrogen and oxygen atoms in total. The molecule has 1 saturated carbocycles. The molecule has 0 aromatic heterocycles. The Bertz CT molecular complexity index is 219. The molecular weight excluding hydrogens is 178 g/mol. The summed E-state index contributed by atoms with van der Waals surface area (Å²) in [6, 6.07) is 0.194. The van der Waals surface area contributed by atoms with Crippen LogP contribution in [-0.2, 0) is 4.79 Å². The van der Waals surface area contributed by atoms with Crippen molar-refractivity contribution in [3.05, 3.63) is 0 Å². The number of rotatable bonds is 5. The van der Waals surface area contributed by atoms with Gasteiger partial charge in [-0.2, -0.15) is 0 Å². The second kappa shape index (κ2) is 3.89. The van der Waals surface area contributed by atoms with Crippen LogP contribution in [0.15, 0.2) is 0 Å². The average Bonchev–Trinajstić information content (AvgIpc) is 2.79. The lowest BCUT2D eigenvalue weighted by molar-refractivity contribution is -0.146. The minimum Gasteiger partial charge on any atom is -0.481 e. The molecule has 0 aromatic rings. The van der Waals surface area contributed by atoms with Crippen molar-refractivity contribution in [2.75, 3.05) is 14.1 Å². The third-order valence-electron chi connectivity index (χ3n) is 3.17. The van der Waals surface area contributed by atoms with Gasteiger partial charge >= 0.3 is 5.97 Å². The van der Waals surface area contributed by atoms with E-state index in [1.807, 2.05) is 14.1 Å². The molecule has 0 spiro atoms. The Labute approximate surface area is 86.1 Å². The lowest BCUT2D eigenvalue weighted by atomic mass is 9.88. The Kier molecular flexibility index (Phi) is 3.20. The topological polar surface area (TPSA) is 40.5 Å². The van der Waals surface area contributed by atoms with Crippen LogP contribution in [0.25, 0.3) is 0 Å². The summed E-state index contributed by atoms with van der Waals surface area (Å²) >= 11 is 0. The van der Waals surface area contributed by atoms with Crippen molar-refractivity contribution in [2.24, 2.45) is 11.3 Å². The highest BCUT2D eigenvalue weighted by Gasteiger charge is 2.56. The molecule has 1 atom stereocenters. The Morgan fingerprint density at radius 3 is 2.14 bits per heavy atom. The Balaban J connectivity index is 2.73. The summed E-state index contributed by atoms with van der Waals surface area (Å²) in [5.41, 5.74) is -0.437. The van der Waals surface area contributed by atoms with E-state index in [0.717, 1.165) is 19.3 Å². The molecule has 0 radical (unpaired) electrons. The number of nitrogens with zero attached hydrogens (tertiary/aromatic N) is 1. The highest BCUT2D eigenvalue weighted by molar-refractivity contribution is 5.78. The predicted molar refractivity (Wildman–Crippen MR) is 56.2 cm³/mol. The fraction of sp³-hybridized carbons (Fsp3) is 0.909. The van der Waals surface area contributed by atoms with Gasteiger partial charge in [0.1, 0.15) is 0 Å². The van der Waals surface area contributed by atoms with Crippen LogP contribution in [0, 0.1) is 11.3 Å². The second-order valence-corrected chi connectivity index (χ2v) is 5.07. The van der Waals surface area contributed by atoms with E-state index in [1.165, 1.54) is 0 Å². The molecule has 14 heavy (non-hydrogen) atoms. The van der Waals surface area contributed by atoms with Gasteiger partial charge in [-0.05, 0) is 39.3 Å². The van der Waals surface area contributed by atoms with Crippen molar-refractivity contribution in [3.8, 4) is 0 Å². The largest absolute Gasteiger partial charge is 0.481 e. The maximum Gasteiger partial charge on any atom is 0.311 e. The summed E-state index contributed by atoms with van der Waals surface area (Å²) in [5, 5.41) is 9.21. The van der Waals surface area contributed by atoms with Crippen LogP contribution in [0.1, 0.15) is 33.1 Å². The van der Waals surface area contributed by atoms with Gasteiger partial charge in [0.05, 0.1) is 5.41 Å². The zero-order valence-electron chi connectivity index (χ0n) is 9.58. The summed E-state index contributed by atoms with van der Waals surface area (Å²) in [6.07, 6.45) is 2.66. The van der Waals surface area contributed by atoms with Crippen LogP contribution in [-0.4, -0.2) is 36.1 Å². The molecule has 1 unspecified atom stereocenters. The van der Waals surface area contributed by atoms with Crippen LogP contribution in [0.3, 0.4) is 0 Å². The molecule has 3 heteroatoms. The van der Waals surface area contributed by atoms with Gasteiger partial charge in [0.2, 0.25) is 0 Å². The highest BCUT2D eigenvalue weighted by atomic mass is 16.4. The van der Waals surface area contributed by atoms with Crippen molar-refractivity contribution in [2.45, 2.75) is 39.2 Å². The number of aliphatic carboxylic acids is 1. The van der Waals surface area contributed by atoms with Crippen LogP contribution >= 0.6 is 0 Å². The van der Waals surface area contributed by atoms with Gasteiger partial charge in [-0.3, -0.25) is 4.79 Å². The zero-order chi connectivity index (χ0) is 10.9. The molecule has 0 aromatic carbocycles. The molecule has 0 heterocycles. The van der Waals surface area contributed by atoms with Crippen LogP contribution in [0.5, 0.6) is 0 Å². The van der Waals surface area contributed by atoms with E-state index < -0.39 is 11.4 Å². The molecule has 1 N–H and O–H groups in total. The predicted octanol–water partition coefficient (Wildman–Crippen LogP) is 1.83. The van der Waals surface area contributed by atoms with Crippen LogP contribution in [0.2, 0.25) is 0 Å². The molecule has 1 aliphatic carbocycles. The summed E-state index contributed by atoms with van der Waals surface area (Å²) in [5.74, 6) is -0.0592. The Morgan fingerprint density at radius 2 is 1.93 bits per heavy atom. The van der Waals surface area contributed by atoms with E-state index in [-0.39, 0.29) is 6.04 Å². The number of hydrogen-bond acceptors (Lipinski definition) is 2. The molecule has 0 saturated heterocycles. The normalized spacial score (nSPS) is 21.3. The van der Waals surface area contributed by atoms with Crippen molar-refractivity contribution in [1.29, 1.82) is 0 Å². The van der Waals surface area contributed by atoms with Gasteiger partial charge in [-0.15, -0.1) is 0 Å². The molecule has 1 aliphatic rings. The van der Waals surface area contributed by atoms with Crippen LogP contribution in [0.4, 0.5) is 0 Å². The summed E-state index contributed by atoms with van der Waals surface area (Å²) < 4.78 is 0. The number of hydrogen-bond donors (Lipinski definition) is 1. The fourth-order valence-corrected chi connectivity index (χ4v) is 2.20. The lowest BCUT2D eigenvalue weighted by Gasteiger charge is -2.31. The first kappa shape index (κ1) is 11.5. The molecule has 0 aliphatic heterocycles. The molecule has 0 bridgehead atoms.